The third kappa shape index (κ3) is 4.66. The number of carbonyl (C=O) groups excluding carboxylic acids is 1. The van der Waals surface area contributed by atoms with Gasteiger partial charge in [-0.25, -0.2) is 17.8 Å². The number of hydrogen-bond acceptors (Lipinski definition) is 7. The zero-order chi connectivity index (χ0) is 31.6. The fourth-order valence-electron chi connectivity index (χ4n) is 6.01. The van der Waals surface area contributed by atoms with E-state index in [0.29, 0.717) is 57.5 Å². The Morgan fingerprint density at radius 3 is 2.76 bits per heavy atom. The number of aliphatic hydroxyl groups is 1. The van der Waals surface area contributed by atoms with Crippen LogP contribution in [-0.4, -0.2) is 65.7 Å². The van der Waals surface area contributed by atoms with Crippen molar-refractivity contribution in [3.05, 3.63) is 77.9 Å². The fraction of sp³-hybridized carbons (Fsp3) is 0.219. The van der Waals surface area contributed by atoms with Gasteiger partial charge in [-0.15, -0.1) is 0 Å². The molecule has 7 rings (SSSR count). The van der Waals surface area contributed by atoms with Crippen molar-refractivity contribution in [1.82, 2.24) is 24.6 Å². The molecule has 4 aromatic heterocycles. The van der Waals surface area contributed by atoms with Crippen LogP contribution in [0.15, 0.2) is 65.3 Å². The number of furan rings is 1. The van der Waals surface area contributed by atoms with Crippen LogP contribution in [0.25, 0.3) is 55.8 Å². The number of fused-ring (bicyclic) bond motifs is 6. The Hall–Kier alpha value is -5.01. The lowest BCUT2D eigenvalue weighted by Gasteiger charge is -2.23. The summed E-state index contributed by atoms with van der Waals surface area (Å²) in [5, 5.41) is 17.2. The minimum atomic E-state index is -3.72. The minimum absolute atomic E-state index is 0.114. The van der Waals surface area contributed by atoms with Crippen molar-refractivity contribution in [2.75, 3.05) is 31.3 Å². The number of nitrogens with zero attached hydrogens (tertiary/aromatic N) is 5. The number of aryl methyl sites for hydroxylation is 2. The molecule has 0 saturated heterocycles. The Morgan fingerprint density at radius 1 is 1.18 bits per heavy atom. The molecule has 1 amide bonds. The minimum Gasteiger partial charge on any atom is -0.455 e. The molecular weight excluding hydrogens is 599 g/mol. The molecule has 0 radical (unpaired) electrons. The summed E-state index contributed by atoms with van der Waals surface area (Å²) in [4.78, 5) is 18.3. The van der Waals surface area contributed by atoms with E-state index >= 15 is 0 Å². The zero-order valence-electron chi connectivity index (χ0n) is 24.7. The molecule has 0 atom stereocenters. The molecule has 0 unspecified atom stereocenters. The van der Waals surface area contributed by atoms with E-state index < -0.39 is 15.9 Å². The first-order valence-corrected chi connectivity index (χ1v) is 16.1. The molecule has 0 spiro atoms. The number of pyridine rings is 1. The summed E-state index contributed by atoms with van der Waals surface area (Å²) in [6.07, 6.45) is 5.00. The molecule has 6 aromatic rings. The molecule has 0 saturated carbocycles. The average molecular weight is 629 g/mol. The van der Waals surface area contributed by atoms with Gasteiger partial charge in [0.25, 0.3) is 5.91 Å². The maximum Gasteiger partial charge on any atom is 0.255 e. The van der Waals surface area contributed by atoms with Gasteiger partial charge in [-0.1, -0.05) is 12.1 Å². The molecular formula is C32H29FN6O5S. The summed E-state index contributed by atoms with van der Waals surface area (Å²) in [6.45, 7) is 0.822. The largest absolute Gasteiger partial charge is 0.455 e. The number of sulfonamides is 1. The highest BCUT2D eigenvalue weighted by molar-refractivity contribution is 7.92. The van der Waals surface area contributed by atoms with Crippen LogP contribution >= 0.6 is 0 Å². The van der Waals surface area contributed by atoms with Gasteiger partial charge in [0.05, 0.1) is 65.0 Å². The number of aromatic nitrogens is 4. The number of benzene rings is 2. The van der Waals surface area contributed by atoms with Crippen LogP contribution in [-0.2, 0) is 29.5 Å². The topological polar surface area (TPSA) is 135 Å². The van der Waals surface area contributed by atoms with Gasteiger partial charge in [-0.05, 0) is 42.3 Å². The van der Waals surface area contributed by atoms with Crippen molar-refractivity contribution < 1.29 is 27.1 Å². The summed E-state index contributed by atoms with van der Waals surface area (Å²) >= 11 is 0. The number of amides is 1. The second-order valence-electron chi connectivity index (χ2n) is 11.0. The van der Waals surface area contributed by atoms with Crippen LogP contribution < -0.4 is 9.62 Å². The quantitative estimate of drug-likeness (QED) is 0.267. The monoisotopic (exact) mass is 628 g/mol. The van der Waals surface area contributed by atoms with Crippen LogP contribution in [0.5, 0.6) is 0 Å². The highest BCUT2D eigenvalue weighted by atomic mass is 32.2. The molecule has 0 aliphatic carbocycles. The second-order valence-corrected chi connectivity index (χ2v) is 13.0. The summed E-state index contributed by atoms with van der Waals surface area (Å²) < 4.78 is 51.4. The number of carbonyl (C=O) groups is 1. The lowest BCUT2D eigenvalue weighted by molar-refractivity contribution is 0.0964. The van der Waals surface area contributed by atoms with Gasteiger partial charge in [-0.3, -0.25) is 13.8 Å². The van der Waals surface area contributed by atoms with E-state index in [1.54, 1.807) is 30.5 Å². The van der Waals surface area contributed by atoms with Gasteiger partial charge in [0, 0.05) is 49.2 Å². The van der Waals surface area contributed by atoms with Crippen molar-refractivity contribution in [3.63, 3.8) is 0 Å². The van der Waals surface area contributed by atoms with E-state index in [4.69, 9.17) is 9.40 Å². The van der Waals surface area contributed by atoms with E-state index in [-0.39, 0.29) is 30.3 Å². The highest BCUT2D eigenvalue weighted by Gasteiger charge is 2.28. The molecule has 13 heteroatoms. The normalized spacial score (nSPS) is 12.8. The van der Waals surface area contributed by atoms with Crippen molar-refractivity contribution in [3.8, 4) is 34.0 Å². The molecule has 1 aliphatic heterocycles. The van der Waals surface area contributed by atoms with E-state index in [1.165, 1.54) is 31.0 Å². The maximum absolute atomic E-state index is 14.7. The van der Waals surface area contributed by atoms with Crippen molar-refractivity contribution in [1.29, 1.82) is 0 Å². The third-order valence-electron chi connectivity index (χ3n) is 8.32. The molecule has 45 heavy (non-hydrogen) atoms. The molecule has 0 fully saturated rings. The lowest BCUT2D eigenvalue weighted by atomic mass is 9.99. The third-order valence-corrected chi connectivity index (χ3v) is 9.51. The van der Waals surface area contributed by atoms with Crippen molar-refractivity contribution in [2.24, 2.45) is 0 Å². The van der Waals surface area contributed by atoms with Crippen LogP contribution in [0, 0.1) is 5.82 Å². The molecule has 2 N–H and O–H groups in total. The Balaban J connectivity index is 1.48. The van der Waals surface area contributed by atoms with E-state index in [2.05, 4.69) is 10.4 Å². The van der Waals surface area contributed by atoms with Crippen LogP contribution in [0.3, 0.4) is 0 Å². The molecule has 2 aromatic carbocycles. The number of nitrogens with one attached hydrogen (secondary N) is 1. The predicted octanol–water partition coefficient (Wildman–Crippen LogP) is 4.42. The second kappa shape index (κ2) is 10.6. The van der Waals surface area contributed by atoms with Crippen LogP contribution in [0.1, 0.15) is 15.9 Å². The van der Waals surface area contributed by atoms with E-state index in [1.807, 2.05) is 22.8 Å². The van der Waals surface area contributed by atoms with Gasteiger partial charge >= 0.3 is 0 Å². The van der Waals surface area contributed by atoms with Gasteiger partial charge < -0.3 is 19.4 Å². The highest BCUT2D eigenvalue weighted by Crippen LogP contribution is 2.42. The molecule has 11 nitrogen and oxygen atoms in total. The summed E-state index contributed by atoms with van der Waals surface area (Å²) in [6, 6.07) is 13.9. The van der Waals surface area contributed by atoms with Gasteiger partial charge in [0.2, 0.25) is 10.0 Å². The smallest absolute Gasteiger partial charge is 0.255 e. The number of halogens is 1. The lowest BCUT2D eigenvalue weighted by Crippen LogP contribution is -2.25. The Kier molecular flexibility index (Phi) is 6.75. The number of rotatable bonds is 7. The first-order chi connectivity index (χ1) is 21.6. The molecule has 0 bridgehead atoms. The standard InChI is InChI=1S/C32H29FN6O5S/c1-34-32(41)29-22-13-21(24-8-7-18-9-10-39-25-6-4-5-23(33)20(25)14-27(39)30(18)36-24)26(37(2)45(3,42)43)15-28(22)44-31(29)19-16-35-38(17-19)11-12-40/h4-8,13-17,40H,9-12H2,1-3H3,(H,34,41). The molecule has 5 heterocycles. The Labute approximate surface area is 257 Å². The summed E-state index contributed by atoms with van der Waals surface area (Å²) in [5.41, 5.74) is 5.53. The first kappa shape index (κ1) is 28.7. The maximum atomic E-state index is 14.7. The Morgan fingerprint density at radius 2 is 2.00 bits per heavy atom. The Bertz CT molecular complexity index is 2270. The molecule has 1 aliphatic rings. The van der Waals surface area contributed by atoms with E-state index in [9.17, 15) is 22.7 Å². The van der Waals surface area contributed by atoms with Crippen LogP contribution in [0.2, 0.25) is 0 Å². The van der Waals surface area contributed by atoms with Gasteiger partial charge in [-0.2, -0.15) is 5.10 Å². The van der Waals surface area contributed by atoms with Crippen LogP contribution in [0.4, 0.5) is 10.1 Å². The zero-order valence-corrected chi connectivity index (χ0v) is 25.5. The molecule has 230 valence electrons. The number of hydrogen-bond donors (Lipinski definition) is 2. The summed E-state index contributed by atoms with van der Waals surface area (Å²) in [7, 11) is -0.761. The number of aliphatic hydroxyl groups excluding tert-OH is 1. The first-order valence-electron chi connectivity index (χ1n) is 14.3. The summed E-state index contributed by atoms with van der Waals surface area (Å²) in [5.74, 6) is -0.462. The SMILES string of the molecule is CNC(=O)c1c(-c2cnn(CCO)c2)oc2cc(N(C)S(C)(=O)=O)c(-c3ccc4c(n3)-c3cc5c(F)cccc5n3CC4)cc12. The van der Waals surface area contributed by atoms with Gasteiger partial charge in [0.1, 0.15) is 11.4 Å². The van der Waals surface area contributed by atoms with Gasteiger partial charge in [0.15, 0.2) is 5.76 Å². The number of anilines is 1. The average Bonchev–Trinajstić information content (AvgIpc) is 3.75. The fourth-order valence-corrected chi connectivity index (χ4v) is 6.52. The predicted molar refractivity (Wildman–Crippen MR) is 169 cm³/mol. The van der Waals surface area contributed by atoms with Crippen molar-refractivity contribution >= 4 is 43.5 Å². The van der Waals surface area contributed by atoms with Crippen molar-refractivity contribution in [2.45, 2.75) is 19.5 Å². The van der Waals surface area contributed by atoms with E-state index in [0.717, 1.165) is 27.3 Å².